The molecule has 0 amide bonds. The molecule has 6 heteroatoms. The summed E-state index contributed by atoms with van der Waals surface area (Å²) in [4.78, 5) is 12.5. The molecule has 3 rings (SSSR count). The van der Waals surface area contributed by atoms with Crippen molar-refractivity contribution in [3.8, 4) is 11.5 Å². The Morgan fingerprint density at radius 3 is 2.89 bits per heavy atom. The van der Waals surface area contributed by atoms with Crippen LogP contribution in [0, 0.1) is 10.1 Å². The Balaban J connectivity index is 2.02. The number of hydrogen-bond donors (Lipinski definition) is 0. The second-order valence-electron chi connectivity index (χ2n) is 4.67. The van der Waals surface area contributed by atoms with Crippen LogP contribution in [0.3, 0.4) is 0 Å². The number of nitro groups is 1. The van der Waals surface area contributed by atoms with Crippen LogP contribution in [0.15, 0.2) is 12.1 Å². The summed E-state index contributed by atoms with van der Waals surface area (Å²) in [6.07, 6.45) is 0.886. The van der Waals surface area contributed by atoms with Gasteiger partial charge in [0.25, 0.3) is 0 Å². The lowest BCUT2D eigenvalue weighted by molar-refractivity contribution is -0.488. The zero-order valence-corrected chi connectivity index (χ0v) is 10.1. The van der Waals surface area contributed by atoms with E-state index in [1.54, 1.807) is 0 Å². The third kappa shape index (κ3) is 1.78. The van der Waals surface area contributed by atoms with E-state index in [1.807, 2.05) is 24.1 Å². The van der Waals surface area contributed by atoms with Crippen LogP contribution < -0.4 is 9.47 Å². The number of fused-ring (bicyclic) bond motifs is 2. The SMILES string of the molecule is CN1CCc2cc3c(cc2[C@@H]1C[N+](=O)[O-])OCO3. The summed E-state index contributed by atoms with van der Waals surface area (Å²) in [5, 5.41) is 10.8. The number of ether oxygens (including phenoxy) is 2. The molecule has 0 unspecified atom stereocenters. The fourth-order valence-electron chi connectivity index (χ4n) is 2.60. The molecule has 0 radical (unpaired) electrons. The average molecular weight is 250 g/mol. The second-order valence-corrected chi connectivity index (χ2v) is 4.67. The van der Waals surface area contributed by atoms with E-state index in [2.05, 4.69) is 0 Å². The lowest BCUT2D eigenvalue weighted by atomic mass is 9.92. The van der Waals surface area contributed by atoms with Crippen molar-refractivity contribution in [1.29, 1.82) is 0 Å². The van der Waals surface area contributed by atoms with Crippen LogP contribution in [-0.4, -0.2) is 36.8 Å². The minimum atomic E-state index is -0.263. The van der Waals surface area contributed by atoms with Gasteiger partial charge in [0.2, 0.25) is 13.3 Å². The molecule has 6 nitrogen and oxygen atoms in total. The third-order valence-corrected chi connectivity index (χ3v) is 3.58. The Bertz CT molecular complexity index is 503. The molecule has 1 aromatic rings. The summed E-state index contributed by atoms with van der Waals surface area (Å²) in [5.74, 6) is 1.44. The monoisotopic (exact) mass is 250 g/mol. The topological polar surface area (TPSA) is 64.8 Å². The van der Waals surface area contributed by atoms with Gasteiger partial charge >= 0.3 is 0 Å². The normalized spacial score (nSPS) is 21.7. The molecule has 0 N–H and O–H groups in total. The molecule has 2 heterocycles. The number of nitrogens with zero attached hydrogens (tertiary/aromatic N) is 2. The molecule has 96 valence electrons. The zero-order valence-electron chi connectivity index (χ0n) is 10.1. The van der Waals surface area contributed by atoms with Crippen molar-refractivity contribution in [2.45, 2.75) is 12.5 Å². The van der Waals surface area contributed by atoms with Gasteiger partial charge in [0.15, 0.2) is 11.5 Å². The molecule has 0 bridgehead atoms. The van der Waals surface area contributed by atoms with Crippen LogP contribution in [0.1, 0.15) is 17.2 Å². The first-order valence-electron chi connectivity index (χ1n) is 5.89. The molecule has 0 saturated heterocycles. The minimum Gasteiger partial charge on any atom is -0.454 e. The van der Waals surface area contributed by atoms with Gasteiger partial charge in [-0.05, 0) is 36.7 Å². The summed E-state index contributed by atoms with van der Waals surface area (Å²) < 4.78 is 10.7. The van der Waals surface area contributed by atoms with E-state index in [0.717, 1.165) is 29.8 Å². The molecule has 1 atom stereocenters. The standard InChI is InChI=1S/C12H14N2O4/c1-13-3-2-8-4-11-12(18-7-17-11)5-9(8)10(13)6-14(15)16/h4-5,10H,2-3,6-7H2,1H3/t10-/m0/s1. The summed E-state index contributed by atoms with van der Waals surface area (Å²) in [5.41, 5.74) is 2.12. The number of hydrogen-bond acceptors (Lipinski definition) is 5. The van der Waals surface area contributed by atoms with Crippen molar-refractivity contribution >= 4 is 0 Å². The second kappa shape index (κ2) is 4.13. The van der Waals surface area contributed by atoms with Crippen molar-refractivity contribution < 1.29 is 14.4 Å². The molecule has 0 fully saturated rings. The molecular formula is C12H14N2O4. The fourth-order valence-corrected chi connectivity index (χ4v) is 2.60. The maximum Gasteiger partial charge on any atom is 0.231 e. The van der Waals surface area contributed by atoms with E-state index in [-0.39, 0.29) is 24.3 Å². The van der Waals surface area contributed by atoms with Crippen LogP contribution in [0.4, 0.5) is 0 Å². The van der Waals surface area contributed by atoms with Crippen molar-refractivity contribution in [3.05, 3.63) is 33.4 Å². The summed E-state index contributed by atoms with van der Waals surface area (Å²) >= 11 is 0. The molecule has 0 saturated carbocycles. The van der Waals surface area contributed by atoms with Gasteiger partial charge in [0, 0.05) is 11.5 Å². The Kier molecular flexibility index (Phi) is 2.59. The van der Waals surface area contributed by atoms with E-state index in [9.17, 15) is 10.1 Å². The van der Waals surface area contributed by atoms with Gasteiger partial charge in [0.1, 0.15) is 6.04 Å². The minimum absolute atomic E-state index is 0.0802. The first-order chi connectivity index (χ1) is 8.65. The van der Waals surface area contributed by atoms with E-state index < -0.39 is 0 Å². The van der Waals surface area contributed by atoms with E-state index >= 15 is 0 Å². The quantitative estimate of drug-likeness (QED) is 0.583. The van der Waals surface area contributed by atoms with Crippen LogP contribution in [-0.2, 0) is 6.42 Å². The number of rotatable bonds is 2. The van der Waals surface area contributed by atoms with Crippen molar-refractivity contribution in [1.82, 2.24) is 4.90 Å². The maximum absolute atomic E-state index is 10.8. The largest absolute Gasteiger partial charge is 0.454 e. The summed E-state index contributed by atoms with van der Waals surface area (Å²) in [7, 11) is 1.92. The Morgan fingerprint density at radius 2 is 2.17 bits per heavy atom. The van der Waals surface area contributed by atoms with E-state index in [1.165, 1.54) is 0 Å². The Labute approximate surface area is 104 Å². The predicted molar refractivity (Wildman–Crippen MR) is 63.5 cm³/mol. The zero-order chi connectivity index (χ0) is 12.7. The van der Waals surface area contributed by atoms with Crippen LogP contribution in [0.25, 0.3) is 0 Å². The van der Waals surface area contributed by atoms with Crippen LogP contribution in [0.2, 0.25) is 0 Å². The lowest BCUT2D eigenvalue weighted by Gasteiger charge is -2.32. The highest BCUT2D eigenvalue weighted by Gasteiger charge is 2.31. The van der Waals surface area contributed by atoms with Gasteiger partial charge in [-0.3, -0.25) is 15.0 Å². The maximum atomic E-state index is 10.8. The summed E-state index contributed by atoms with van der Waals surface area (Å²) in [6, 6.07) is 3.66. The first-order valence-corrected chi connectivity index (χ1v) is 5.89. The Hall–Kier alpha value is -1.82. The number of likely N-dealkylation sites (N-methyl/N-ethyl adjacent to an activating group) is 1. The van der Waals surface area contributed by atoms with Crippen LogP contribution in [0.5, 0.6) is 11.5 Å². The fraction of sp³-hybridized carbons (Fsp3) is 0.500. The van der Waals surface area contributed by atoms with Crippen molar-refractivity contribution in [3.63, 3.8) is 0 Å². The molecule has 0 aliphatic carbocycles. The van der Waals surface area contributed by atoms with Gasteiger partial charge in [-0.25, -0.2) is 0 Å². The molecule has 0 aromatic heterocycles. The van der Waals surface area contributed by atoms with Crippen molar-refractivity contribution in [2.24, 2.45) is 0 Å². The van der Waals surface area contributed by atoms with Gasteiger partial charge in [-0.1, -0.05) is 0 Å². The highest BCUT2D eigenvalue weighted by atomic mass is 16.7. The molecule has 0 spiro atoms. The molecule has 2 aliphatic heterocycles. The molecule has 1 aromatic carbocycles. The highest BCUT2D eigenvalue weighted by Crippen LogP contribution is 2.39. The van der Waals surface area contributed by atoms with Gasteiger partial charge in [-0.15, -0.1) is 0 Å². The average Bonchev–Trinajstić information content (AvgIpc) is 2.77. The lowest BCUT2D eigenvalue weighted by Crippen LogP contribution is -2.36. The molecular weight excluding hydrogens is 236 g/mol. The van der Waals surface area contributed by atoms with Crippen molar-refractivity contribution in [2.75, 3.05) is 26.9 Å². The smallest absolute Gasteiger partial charge is 0.231 e. The van der Waals surface area contributed by atoms with E-state index in [4.69, 9.17) is 9.47 Å². The predicted octanol–water partition coefficient (Wildman–Crippen LogP) is 1.22. The third-order valence-electron chi connectivity index (χ3n) is 3.58. The Morgan fingerprint density at radius 1 is 1.44 bits per heavy atom. The molecule has 18 heavy (non-hydrogen) atoms. The summed E-state index contributed by atoms with van der Waals surface area (Å²) in [6.45, 7) is 0.974. The van der Waals surface area contributed by atoms with Gasteiger partial charge in [-0.2, -0.15) is 0 Å². The van der Waals surface area contributed by atoms with Gasteiger partial charge in [0.05, 0.1) is 0 Å². The number of benzene rings is 1. The molecule has 2 aliphatic rings. The van der Waals surface area contributed by atoms with E-state index in [0.29, 0.717) is 5.75 Å². The van der Waals surface area contributed by atoms with Gasteiger partial charge < -0.3 is 9.47 Å². The first kappa shape index (κ1) is 11.3. The van der Waals surface area contributed by atoms with Crippen LogP contribution >= 0.6 is 0 Å². The highest BCUT2D eigenvalue weighted by molar-refractivity contribution is 5.50.